The first-order chi connectivity index (χ1) is 7.70. The van der Waals surface area contributed by atoms with Crippen LogP contribution in [0.5, 0.6) is 0 Å². The summed E-state index contributed by atoms with van der Waals surface area (Å²) >= 11 is 0. The second kappa shape index (κ2) is 10.9. The molecule has 3 nitrogen and oxygen atoms in total. The number of ether oxygens (including phenoxy) is 1. The normalized spacial score (nSPS) is 12.4. The molecule has 0 fully saturated rings. The van der Waals surface area contributed by atoms with E-state index >= 15 is 0 Å². The molecule has 0 aliphatic heterocycles. The zero-order valence-electron chi connectivity index (χ0n) is 10.7. The molecule has 0 heterocycles. The number of aliphatic hydroxyl groups excluding tert-OH is 1. The highest BCUT2D eigenvalue weighted by atomic mass is 16.5. The van der Waals surface area contributed by atoms with Gasteiger partial charge >= 0.3 is 5.97 Å². The summed E-state index contributed by atoms with van der Waals surface area (Å²) < 4.78 is 4.56. The van der Waals surface area contributed by atoms with Crippen LogP contribution in [0.4, 0.5) is 0 Å². The molecule has 16 heavy (non-hydrogen) atoms. The van der Waals surface area contributed by atoms with Gasteiger partial charge in [-0.2, -0.15) is 0 Å². The van der Waals surface area contributed by atoms with Crippen molar-refractivity contribution in [3.63, 3.8) is 0 Å². The lowest BCUT2D eigenvalue weighted by Crippen LogP contribution is -2.06. The van der Waals surface area contributed by atoms with Crippen LogP contribution in [0.15, 0.2) is 0 Å². The molecule has 0 saturated carbocycles. The van der Waals surface area contributed by atoms with Gasteiger partial charge in [0.1, 0.15) is 0 Å². The maximum absolute atomic E-state index is 10.8. The largest absolute Gasteiger partial charge is 0.469 e. The fourth-order valence-corrected chi connectivity index (χ4v) is 1.70. The number of aliphatic hydroxyl groups is 1. The summed E-state index contributed by atoms with van der Waals surface area (Å²) in [4.78, 5) is 10.8. The Bertz CT molecular complexity index is 169. The van der Waals surface area contributed by atoms with E-state index in [0.29, 0.717) is 6.42 Å². The van der Waals surface area contributed by atoms with Crippen LogP contribution in [-0.4, -0.2) is 24.3 Å². The number of hydrogen-bond acceptors (Lipinski definition) is 3. The first-order valence-corrected chi connectivity index (χ1v) is 6.45. The van der Waals surface area contributed by atoms with Crippen LogP contribution in [0.2, 0.25) is 0 Å². The van der Waals surface area contributed by atoms with Crippen molar-refractivity contribution in [2.75, 3.05) is 7.11 Å². The Morgan fingerprint density at radius 3 is 2.31 bits per heavy atom. The van der Waals surface area contributed by atoms with E-state index in [1.807, 2.05) is 0 Å². The molecule has 0 radical (unpaired) electrons. The molecule has 1 atom stereocenters. The van der Waals surface area contributed by atoms with Gasteiger partial charge in [-0.15, -0.1) is 0 Å². The first-order valence-electron chi connectivity index (χ1n) is 6.45. The lowest BCUT2D eigenvalue weighted by atomic mass is 10.0. The molecule has 0 amide bonds. The zero-order chi connectivity index (χ0) is 12.2. The van der Waals surface area contributed by atoms with E-state index in [-0.39, 0.29) is 12.1 Å². The molecule has 3 heteroatoms. The van der Waals surface area contributed by atoms with Gasteiger partial charge in [0.2, 0.25) is 0 Å². The molecule has 0 aromatic rings. The quantitative estimate of drug-likeness (QED) is 0.463. The van der Waals surface area contributed by atoms with Crippen molar-refractivity contribution in [2.24, 2.45) is 0 Å². The van der Waals surface area contributed by atoms with Gasteiger partial charge in [0, 0.05) is 6.42 Å². The fraction of sp³-hybridized carbons (Fsp3) is 0.923. The zero-order valence-corrected chi connectivity index (χ0v) is 10.7. The molecule has 0 unspecified atom stereocenters. The number of rotatable bonds is 10. The summed E-state index contributed by atoms with van der Waals surface area (Å²) in [5.74, 6) is -0.136. The van der Waals surface area contributed by atoms with Crippen LogP contribution in [0.1, 0.15) is 64.7 Å². The minimum Gasteiger partial charge on any atom is -0.469 e. The van der Waals surface area contributed by atoms with Crippen molar-refractivity contribution >= 4 is 5.97 Å². The molecular weight excluding hydrogens is 204 g/mol. The van der Waals surface area contributed by atoms with Crippen molar-refractivity contribution in [2.45, 2.75) is 70.8 Å². The number of carbonyl (C=O) groups is 1. The molecular formula is C13H26O3. The van der Waals surface area contributed by atoms with Crippen LogP contribution in [0.25, 0.3) is 0 Å². The van der Waals surface area contributed by atoms with Crippen molar-refractivity contribution in [3.05, 3.63) is 0 Å². The molecule has 0 aromatic heterocycles. The SMILES string of the molecule is CCCCC[C@H](O)CCCCCC(=O)OC. The smallest absolute Gasteiger partial charge is 0.305 e. The van der Waals surface area contributed by atoms with E-state index in [9.17, 15) is 9.90 Å². The van der Waals surface area contributed by atoms with Gasteiger partial charge in [-0.05, 0) is 19.3 Å². The number of carbonyl (C=O) groups excluding carboxylic acids is 1. The third kappa shape index (κ3) is 9.97. The summed E-state index contributed by atoms with van der Waals surface area (Å²) in [7, 11) is 1.42. The molecule has 0 spiro atoms. The van der Waals surface area contributed by atoms with Gasteiger partial charge in [0.25, 0.3) is 0 Å². The Hall–Kier alpha value is -0.570. The van der Waals surface area contributed by atoms with Crippen LogP contribution in [0.3, 0.4) is 0 Å². The Morgan fingerprint density at radius 1 is 1.12 bits per heavy atom. The number of unbranched alkanes of at least 4 members (excludes halogenated alkanes) is 4. The molecule has 0 bridgehead atoms. The van der Waals surface area contributed by atoms with E-state index in [2.05, 4.69) is 11.7 Å². The van der Waals surface area contributed by atoms with Gasteiger partial charge in [-0.1, -0.05) is 39.0 Å². The van der Waals surface area contributed by atoms with E-state index in [1.165, 1.54) is 20.0 Å². The Labute approximate surface area is 99.2 Å². The molecule has 1 N–H and O–H groups in total. The minimum absolute atomic E-state index is 0.136. The Morgan fingerprint density at radius 2 is 1.75 bits per heavy atom. The standard InChI is InChI=1S/C13H26O3/c1-3-4-6-9-12(14)10-7-5-8-11-13(15)16-2/h12,14H,3-11H2,1-2H3/t12-/m0/s1. The van der Waals surface area contributed by atoms with E-state index in [0.717, 1.165) is 38.5 Å². The average Bonchev–Trinajstić information content (AvgIpc) is 2.28. The van der Waals surface area contributed by atoms with Gasteiger partial charge in [-0.3, -0.25) is 4.79 Å². The van der Waals surface area contributed by atoms with Crippen LogP contribution in [0, 0.1) is 0 Å². The number of hydrogen-bond donors (Lipinski definition) is 1. The Balaban J connectivity index is 3.21. The van der Waals surface area contributed by atoms with E-state index in [1.54, 1.807) is 0 Å². The van der Waals surface area contributed by atoms with E-state index in [4.69, 9.17) is 0 Å². The lowest BCUT2D eigenvalue weighted by Gasteiger charge is -2.09. The summed E-state index contributed by atoms with van der Waals surface area (Å²) in [5.41, 5.74) is 0. The maximum atomic E-state index is 10.8. The number of methoxy groups -OCH3 is 1. The molecule has 0 rings (SSSR count). The topological polar surface area (TPSA) is 46.5 Å². The number of esters is 1. The van der Waals surface area contributed by atoms with Gasteiger partial charge in [0.05, 0.1) is 13.2 Å². The third-order valence-corrected chi connectivity index (χ3v) is 2.79. The molecule has 96 valence electrons. The second-order valence-corrected chi connectivity index (χ2v) is 4.33. The molecule has 0 saturated heterocycles. The Kier molecular flexibility index (Phi) is 10.5. The first kappa shape index (κ1) is 15.4. The van der Waals surface area contributed by atoms with Crippen LogP contribution in [-0.2, 0) is 9.53 Å². The second-order valence-electron chi connectivity index (χ2n) is 4.33. The fourth-order valence-electron chi connectivity index (χ4n) is 1.70. The van der Waals surface area contributed by atoms with Crippen molar-refractivity contribution in [1.82, 2.24) is 0 Å². The van der Waals surface area contributed by atoms with Crippen LogP contribution < -0.4 is 0 Å². The summed E-state index contributed by atoms with van der Waals surface area (Å²) in [6.45, 7) is 2.17. The maximum Gasteiger partial charge on any atom is 0.305 e. The van der Waals surface area contributed by atoms with Gasteiger partial charge in [-0.25, -0.2) is 0 Å². The summed E-state index contributed by atoms with van der Waals surface area (Å²) in [6.07, 6.45) is 8.55. The summed E-state index contributed by atoms with van der Waals surface area (Å²) in [6, 6.07) is 0. The highest BCUT2D eigenvalue weighted by Gasteiger charge is 2.04. The van der Waals surface area contributed by atoms with Crippen molar-refractivity contribution < 1.29 is 14.6 Å². The third-order valence-electron chi connectivity index (χ3n) is 2.79. The van der Waals surface area contributed by atoms with Crippen LogP contribution >= 0.6 is 0 Å². The highest BCUT2D eigenvalue weighted by molar-refractivity contribution is 5.68. The monoisotopic (exact) mass is 230 g/mol. The van der Waals surface area contributed by atoms with Crippen molar-refractivity contribution in [1.29, 1.82) is 0 Å². The summed E-state index contributed by atoms with van der Waals surface area (Å²) in [5, 5.41) is 9.64. The molecule has 0 aliphatic carbocycles. The minimum atomic E-state index is -0.148. The molecule has 0 aromatic carbocycles. The predicted molar refractivity (Wildman–Crippen MR) is 65.2 cm³/mol. The van der Waals surface area contributed by atoms with E-state index < -0.39 is 0 Å². The predicted octanol–water partition coefficient (Wildman–Crippen LogP) is 3.05. The van der Waals surface area contributed by atoms with Gasteiger partial charge < -0.3 is 9.84 Å². The highest BCUT2D eigenvalue weighted by Crippen LogP contribution is 2.11. The lowest BCUT2D eigenvalue weighted by molar-refractivity contribution is -0.140. The molecule has 0 aliphatic rings. The van der Waals surface area contributed by atoms with Crippen molar-refractivity contribution in [3.8, 4) is 0 Å². The average molecular weight is 230 g/mol. The van der Waals surface area contributed by atoms with Gasteiger partial charge in [0.15, 0.2) is 0 Å².